The lowest BCUT2D eigenvalue weighted by Crippen LogP contribution is -2.59. The van der Waals surface area contributed by atoms with Crippen LogP contribution in [0.3, 0.4) is 0 Å². The number of thioether (sulfide) groups is 2. The number of unbranched alkanes of at least 4 members (excludes halogenated alkanes) is 10. The number of rotatable bonds is 31. The van der Waals surface area contributed by atoms with Crippen LogP contribution in [0.1, 0.15) is 342 Å². The zero-order chi connectivity index (χ0) is 63.8. The molecule has 1 N–H and O–H groups in total. The predicted molar refractivity (Wildman–Crippen MR) is 381 cm³/mol. The van der Waals surface area contributed by atoms with Crippen LogP contribution in [0, 0.1) is 91.7 Å². The maximum Gasteiger partial charge on any atom is 0.164 e. The van der Waals surface area contributed by atoms with Crippen LogP contribution in [0.2, 0.25) is 0 Å². The SMILES string of the molecule is CCCCCCCC[C@]1([C@H](C)CCCC(C)C)CC[C@H]2[C@@H]3CC=C4C[C@@H](S[C@@H]5O[C@H](CO)[C@@H]6OC(C)(C)O[C@@H]6[C@H]5OC(C)(C)S[C@H]5CC[C@@]6(C)C(=CC[C@@H]7[C@@H]6CC[C@@]6(C)[C@H]7CC[C@]6(CCCCCCCC)[C@H](C)CCCC(C)C)C5)CC[C@]4(C)[C@H]3CC[C@@]21C. The fraction of sp³-hybridized carbons (Fsp3) is 0.951. The molecule has 0 bridgehead atoms. The maximum absolute atomic E-state index is 11.0. The van der Waals surface area contributed by atoms with Crippen LogP contribution in [0.15, 0.2) is 23.3 Å². The second-order valence-corrected chi connectivity index (χ2v) is 39.4. The molecule has 0 unspecified atom stereocenters. The number of hydrogen-bond acceptors (Lipinski definition) is 7. The molecular weight excluding hydrogens is 1130 g/mol. The highest BCUT2D eigenvalue weighted by Gasteiger charge is 2.67. The summed E-state index contributed by atoms with van der Waals surface area (Å²) >= 11 is 4.11. The molecule has 0 aromatic rings. The smallest absolute Gasteiger partial charge is 0.164 e. The fourth-order valence-corrected chi connectivity index (χ4v) is 27.5. The molecule has 6 saturated carbocycles. The first-order chi connectivity index (χ1) is 42.3. The van der Waals surface area contributed by atoms with Crippen LogP contribution in [-0.4, -0.2) is 62.8 Å². The highest BCUT2D eigenvalue weighted by molar-refractivity contribution is 8.01. The van der Waals surface area contributed by atoms with Crippen LogP contribution >= 0.6 is 23.5 Å². The molecule has 2 saturated heterocycles. The number of aliphatic hydroxyl groups excluding tert-OH is 1. The van der Waals surface area contributed by atoms with Crippen molar-refractivity contribution in [2.24, 2.45) is 91.7 Å². The largest absolute Gasteiger partial charge is 0.394 e. The minimum atomic E-state index is -0.773. The molecule has 10 rings (SSSR count). The molecule has 0 spiro atoms. The Hall–Kier alpha value is -0.0200. The van der Waals surface area contributed by atoms with E-state index in [2.05, 4.69) is 121 Å². The van der Waals surface area contributed by atoms with Crippen molar-refractivity contribution in [3.05, 3.63) is 23.3 Å². The minimum Gasteiger partial charge on any atom is -0.394 e. The van der Waals surface area contributed by atoms with E-state index in [0.717, 1.165) is 65.6 Å². The summed E-state index contributed by atoms with van der Waals surface area (Å²) < 4.78 is 28.3. The first-order valence-electron chi connectivity index (χ1n) is 39.3. The number of fused-ring (bicyclic) bond motifs is 11. The summed E-state index contributed by atoms with van der Waals surface area (Å²) in [5.41, 5.74) is 5.82. The van der Waals surface area contributed by atoms with Gasteiger partial charge >= 0.3 is 0 Å². The van der Waals surface area contributed by atoms with Gasteiger partial charge in [-0.05, 0) is 235 Å². The van der Waals surface area contributed by atoms with Crippen molar-refractivity contribution in [3.8, 4) is 0 Å². The van der Waals surface area contributed by atoms with E-state index in [9.17, 15) is 5.11 Å². The first kappa shape index (κ1) is 71.7. The van der Waals surface area contributed by atoms with Gasteiger partial charge in [0.15, 0.2) is 5.79 Å². The van der Waals surface area contributed by atoms with Gasteiger partial charge in [0.2, 0.25) is 0 Å². The monoisotopic (exact) mass is 1270 g/mol. The first-order valence-corrected chi connectivity index (χ1v) is 41.2. The molecule has 10 aliphatic rings. The van der Waals surface area contributed by atoms with E-state index in [1.807, 2.05) is 25.6 Å². The second kappa shape index (κ2) is 29.6. The highest BCUT2D eigenvalue weighted by Crippen LogP contribution is 2.75. The van der Waals surface area contributed by atoms with E-state index >= 15 is 0 Å². The molecule has 21 atom stereocenters. The molecule has 0 aromatic heterocycles. The third kappa shape index (κ3) is 14.5. The van der Waals surface area contributed by atoms with Crippen LogP contribution in [0.4, 0.5) is 0 Å². The minimum absolute atomic E-state index is 0.0774. The Balaban J connectivity index is 0.804. The van der Waals surface area contributed by atoms with Crippen LogP contribution in [0.25, 0.3) is 0 Å². The zero-order valence-corrected chi connectivity index (χ0v) is 62.7. The van der Waals surface area contributed by atoms with Gasteiger partial charge in [-0.1, -0.05) is 222 Å². The standard InChI is InChI=1S/C82H142O5S2/c1-17-19-21-23-25-27-45-81(58(7)33-29-31-56(3)4)51-43-68-64-37-35-60-53-62(39-47-77(60,13)66(64)41-49-79(68,81)15)88-74-73(72-71(70(55-83)84-74)85-75(9,10)86-72)87-76(11,12)89-63-40-48-78(14)61(54-63)36-38-65-67(78)42-50-80(16)69(65)44-52-82(80,46-28-26-24-22-20-18-2)59(8)34-30-32-57(5)6/h35-36,56-59,62-74,83H,17-34,37-55H2,1-16H3/t58-,59-,62+,63+,64-,65-,66+,67+,68+,69+,70-,71+,72+,73-,74+,77+,78+,79+,80+,81-,82-/m1/s1. The van der Waals surface area contributed by atoms with Gasteiger partial charge in [-0.15, -0.1) is 23.5 Å². The van der Waals surface area contributed by atoms with Crippen LogP contribution in [0.5, 0.6) is 0 Å². The average molecular weight is 1270 g/mol. The van der Waals surface area contributed by atoms with Crippen molar-refractivity contribution in [2.75, 3.05) is 6.61 Å². The maximum atomic E-state index is 11.0. The van der Waals surface area contributed by atoms with Gasteiger partial charge in [-0.2, -0.15) is 0 Å². The van der Waals surface area contributed by atoms with Crippen molar-refractivity contribution < 1.29 is 24.1 Å². The predicted octanol–water partition coefficient (Wildman–Crippen LogP) is 23.9. The third-order valence-electron chi connectivity index (χ3n) is 29.5. The van der Waals surface area contributed by atoms with E-state index in [-0.39, 0.29) is 35.8 Å². The topological polar surface area (TPSA) is 57.2 Å². The van der Waals surface area contributed by atoms with Crippen LogP contribution < -0.4 is 0 Å². The molecule has 89 heavy (non-hydrogen) atoms. The molecule has 0 amide bonds. The van der Waals surface area contributed by atoms with E-state index in [0.29, 0.717) is 37.6 Å². The van der Waals surface area contributed by atoms with Gasteiger partial charge in [-0.25, -0.2) is 0 Å². The van der Waals surface area contributed by atoms with Crippen molar-refractivity contribution in [2.45, 2.75) is 393 Å². The number of ether oxygens (including phenoxy) is 4. The molecular formula is C82H142O5S2. The molecule has 8 aliphatic carbocycles. The Bertz CT molecular complexity index is 2330. The molecule has 2 aliphatic heterocycles. The summed E-state index contributed by atoms with van der Waals surface area (Å²) in [4.78, 5) is -0.461. The van der Waals surface area contributed by atoms with Crippen molar-refractivity contribution >= 4 is 23.5 Å². The lowest BCUT2D eigenvalue weighted by Gasteiger charge is -2.61. The third-order valence-corrected chi connectivity index (χ3v) is 32.3. The summed E-state index contributed by atoms with van der Waals surface area (Å²) in [5, 5.41) is 12.0. The van der Waals surface area contributed by atoms with Crippen LogP contribution in [-0.2, 0) is 18.9 Å². The summed E-state index contributed by atoms with van der Waals surface area (Å²) in [6.07, 6.45) is 54.2. The average Bonchev–Trinajstić information content (AvgIpc) is 1.67. The highest BCUT2D eigenvalue weighted by atomic mass is 32.2. The summed E-state index contributed by atoms with van der Waals surface area (Å²) in [5.74, 6) is 7.49. The van der Waals surface area contributed by atoms with Gasteiger partial charge < -0.3 is 24.1 Å². The van der Waals surface area contributed by atoms with E-state index < -0.39 is 16.8 Å². The Morgan fingerprint density at radius 3 is 1.47 bits per heavy atom. The molecule has 0 radical (unpaired) electrons. The van der Waals surface area contributed by atoms with Gasteiger partial charge in [-0.3, -0.25) is 0 Å². The Labute approximate surface area is 558 Å². The Morgan fingerprint density at radius 1 is 0.539 bits per heavy atom. The fourth-order valence-electron chi connectivity index (χ4n) is 24.6. The molecule has 512 valence electrons. The summed E-state index contributed by atoms with van der Waals surface area (Å²) in [6, 6.07) is 0. The number of aliphatic hydroxyl groups is 1. The summed E-state index contributed by atoms with van der Waals surface area (Å²) in [6.45, 7) is 39.7. The van der Waals surface area contributed by atoms with E-state index in [1.165, 1.54) is 225 Å². The van der Waals surface area contributed by atoms with Crippen molar-refractivity contribution in [1.29, 1.82) is 0 Å². The quantitative estimate of drug-likeness (QED) is 0.0422. The zero-order valence-electron chi connectivity index (χ0n) is 61.0. The Kier molecular flexibility index (Phi) is 23.9. The lowest BCUT2D eigenvalue weighted by atomic mass is 9.44. The van der Waals surface area contributed by atoms with Crippen molar-refractivity contribution in [1.82, 2.24) is 0 Å². The number of allylic oxidation sites excluding steroid dienone is 4. The Morgan fingerprint density at radius 2 is 0.989 bits per heavy atom. The normalized spacial score (nSPS) is 42.3. The molecule has 7 heteroatoms. The number of hydrogen-bond donors (Lipinski definition) is 1. The molecule has 0 aromatic carbocycles. The summed E-state index contributed by atoms with van der Waals surface area (Å²) in [7, 11) is 0. The van der Waals surface area contributed by atoms with Gasteiger partial charge in [0.25, 0.3) is 0 Å². The van der Waals surface area contributed by atoms with Crippen molar-refractivity contribution in [3.63, 3.8) is 0 Å². The van der Waals surface area contributed by atoms with E-state index in [4.69, 9.17) is 18.9 Å². The molecule has 5 nitrogen and oxygen atoms in total. The van der Waals surface area contributed by atoms with E-state index in [1.54, 1.807) is 11.1 Å². The second-order valence-electron chi connectivity index (χ2n) is 36.1. The lowest BCUT2D eigenvalue weighted by molar-refractivity contribution is -0.198. The molecule has 2 heterocycles. The molecule has 8 fully saturated rings. The van der Waals surface area contributed by atoms with Gasteiger partial charge in [0, 0.05) is 10.5 Å². The van der Waals surface area contributed by atoms with Gasteiger partial charge in [0.1, 0.15) is 34.8 Å². The van der Waals surface area contributed by atoms with Gasteiger partial charge in [0.05, 0.1) is 6.61 Å².